The van der Waals surface area contributed by atoms with Crippen LogP contribution in [0.1, 0.15) is 24.3 Å². The number of hydrogen-bond donors (Lipinski definition) is 0. The van der Waals surface area contributed by atoms with E-state index in [1.54, 1.807) is 18.2 Å². The van der Waals surface area contributed by atoms with Gasteiger partial charge in [0.25, 0.3) is 0 Å². The highest BCUT2D eigenvalue weighted by molar-refractivity contribution is 7.91. The summed E-state index contributed by atoms with van der Waals surface area (Å²) in [4.78, 5) is 11.3. The molecule has 98 valence electrons. The zero-order chi connectivity index (χ0) is 13.2. The van der Waals surface area contributed by atoms with Crippen LogP contribution < -0.4 is 0 Å². The summed E-state index contributed by atoms with van der Waals surface area (Å²) in [5, 5.41) is 0.568. The molecule has 2 atom stereocenters. The molecule has 0 spiro atoms. The molecule has 1 aliphatic rings. The molecule has 0 amide bonds. The Morgan fingerprint density at radius 2 is 2.17 bits per heavy atom. The summed E-state index contributed by atoms with van der Waals surface area (Å²) < 4.78 is 23.3. The second-order valence-electron chi connectivity index (χ2n) is 4.73. The average molecular weight is 287 g/mol. The molecule has 0 bridgehead atoms. The number of hydrogen-bond acceptors (Lipinski definition) is 3. The van der Waals surface area contributed by atoms with Crippen LogP contribution in [0.25, 0.3) is 0 Å². The second kappa shape index (κ2) is 5.41. The number of halogens is 1. The summed E-state index contributed by atoms with van der Waals surface area (Å²) in [5.41, 5.74) is 0.805. The summed E-state index contributed by atoms with van der Waals surface area (Å²) in [6.07, 6.45) is 2.25. The summed E-state index contributed by atoms with van der Waals surface area (Å²) in [7, 11) is -3.00. The lowest BCUT2D eigenvalue weighted by atomic mass is 9.85. The van der Waals surface area contributed by atoms with Crippen LogP contribution in [0, 0.1) is 5.92 Å². The average Bonchev–Trinajstić information content (AvgIpc) is 2.29. The van der Waals surface area contributed by atoms with Crippen LogP contribution in [-0.4, -0.2) is 26.2 Å². The molecular weight excluding hydrogens is 272 g/mol. The fourth-order valence-corrected chi connectivity index (χ4v) is 4.52. The molecule has 0 saturated carbocycles. The van der Waals surface area contributed by atoms with Gasteiger partial charge in [-0.1, -0.05) is 23.7 Å². The van der Waals surface area contributed by atoms with E-state index < -0.39 is 9.84 Å². The van der Waals surface area contributed by atoms with Gasteiger partial charge in [-0.15, -0.1) is 0 Å². The van der Waals surface area contributed by atoms with Gasteiger partial charge < -0.3 is 4.79 Å². The SMILES string of the molecule is O=CC(c1cccc(Cl)c1)C1CCCS(=O)(=O)C1. The quantitative estimate of drug-likeness (QED) is 0.802. The van der Waals surface area contributed by atoms with Gasteiger partial charge >= 0.3 is 0 Å². The van der Waals surface area contributed by atoms with Crippen molar-refractivity contribution in [3.8, 4) is 0 Å². The fraction of sp³-hybridized carbons (Fsp3) is 0.462. The maximum absolute atomic E-state index is 11.6. The van der Waals surface area contributed by atoms with Gasteiger partial charge in [0.05, 0.1) is 11.5 Å². The first-order valence-corrected chi connectivity index (χ1v) is 8.13. The van der Waals surface area contributed by atoms with Crippen molar-refractivity contribution in [3.05, 3.63) is 34.9 Å². The van der Waals surface area contributed by atoms with Gasteiger partial charge in [0.2, 0.25) is 0 Å². The highest BCUT2D eigenvalue weighted by Gasteiger charge is 2.31. The van der Waals surface area contributed by atoms with E-state index >= 15 is 0 Å². The van der Waals surface area contributed by atoms with E-state index in [1.165, 1.54) is 0 Å². The summed E-state index contributed by atoms with van der Waals surface area (Å²) >= 11 is 5.91. The van der Waals surface area contributed by atoms with Crippen molar-refractivity contribution in [2.45, 2.75) is 18.8 Å². The van der Waals surface area contributed by atoms with Gasteiger partial charge in [0.1, 0.15) is 6.29 Å². The topological polar surface area (TPSA) is 51.2 Å². The Morgan fingerprint density at radius 3 is 2.78 bits per heavy atom. The van der Waals surface area contributed by atoms with Crippen molar-refractivity contribution in [3.63, 3.8) is 0 Å². The fourth-order valence-electron chi connectivity index (χ4n) is 2.52. The van der Waals surface area contributed by atoms with Gasteiger partial charge in [0, 0.05) is 10.9 Å². The van der Waals surface area contributed by atoms with Crippen molar-refractivity contribution in [1.82, 2.24) is 0 Å². The Morgan fingerprint density at radius 1 is 1.39 bits per heavy atom. The first-order valence-electron chi connectivity index (χ1n) is 5.93. The van der Waals surface area contributed by atoms with E-state index in [4.69, 9.17) is 11.6 Å². The van der Waals surface area contributed by atoms with Crippen LogP contribution in [0.5, 0.6) is 0 Å². The molecule has 1 fully saturated rings. The highest BCUT2D eigenvalue weighted by Crippen LogP contribution is 2.32. The third-order valence-corrected chi connectivity index (χ3v) is 5.47. The molecule has 1 aromatic carbocycles. The van der Waals surface area contributed by atoms with E-state index in [1.807, 2.05) is 6.07 Å². The maximum atomic E-state index is 11.6. The maximum Gasteiger partial charge on any atom is 0.150 e. The van der Waals surface area contributed by atoms with Crippen LogP contribution in [0.2, 0.25) is 5.02 Å². The Kier molecular flexibility index (Phi) is 4.07. The van der Waals surface area contributed by atoms with Crippen LogP contribution in [0.4, 0.5) is 0 Å². The monoisotopic (exact) mass is 286 g/mol. The van der Waals surface area contributed by atoms with Crippen molar-refractivity contribution in [2.75, 3.05) is 11.5 Å². The van der Waals surface area contributed by atoms with E-state index in [0.29, 0.717) is 11.4 Å². The Balaban J connectivity index is 2.26. The summed E-state index contributed by atoms with van der Waals surface area (Å²) in [6, 6.07) is 7.09. The number of benzene rings is 1. The number of carbonyl (C=O) groups excluding carboxylic acids is 1. The van der Waals surface area contributed by atoms with Crippen LogP contribution in [-0.2, 0) is 14.6 Å². The van der Waals surface area contributed by atoms with Gasteiger partial charge in [-0.05, 0) is 36.5 Å². The molecule has 1 aromatic rings. The first kappa shape index (κ1) is 13.6. The van der Waals surface area contributed by atoms with Gasteiger partial charge in [-0.25, -0.2) is 8.42 Å². The molecule has 1 heterocycles. The molecule has 18 heavy (non-hydrogen) atoms. The largest absolute Gasteiger partial charge is 0.303 e. The molecule has 1 aliphatic heterocycles. The number of aldehydes is 1. The minimum atomic E-state index is -3.00. The van der Waals surface area contributed by atoms with E-state index in [2.05, 4.69) is 0 Å². The summed E-state index contributed by atoms with van der Waals surface area (Å²) in [6.45, 7) is 0. The lowest BCUT2D eigenvalue weighted by molar-refractivity contribution is -0.110. The van der Waals surface area contributed by atoms with Crippen molar-refractivity contribution in [1.29, 1.82) is 0 Å². The molecule has 0 radical (unpaired) electrons. The van der Waals surface area contributed by atoms with Gasteiger partial charge in [0.15, 0.2) is 9.84 Å². The zero-order valence-electron chi connectivity index (χ0n) is 9.88. The Bertz CT molecular complexity index is 539. The van der Waals surface area contributed by atoms with Crippen molar-refractivity contribution >= 4 is 27.7 Å². The van der Waals surface area contributed by atoms with Gasteiger partial charge in [-0.2, -0.15) is 0 Å². The van der Waals surface area contributed by atoms with E-state index in [0.717, 1.165) is 18.3 Å². The highest BCUT2D eigenvalue weighted by atomic mass is 35.5. The molecule has 3 nitrogen and oxygen atoms in total. The van der Waals surface area contributed by atoms with E-state index in [9.17, 15) is 13.2 Å². The predicted octanol–water partition coefficient (Wildman–Crippen LogP) is 2.45. The third kappa shape index (κ3) is 3.12. The molecule has 0 N–H and O–H groups in total. The number of rotatable bonds is 3. The minimum absolute atomic E-state index is 0.100. The standard InChI is InChI=1S/C13H15ClO3S/c14-12-5-1-3-10(7-12)13(8-15)11-4-2-6-18(16,17)9-11/h1,3,5,7-8,11,13H,2,4,6,9H2. The second-order valence-corrected chi connectivity index (χ2v) is 7.40. The zero-order valence-corrected chi connectivity index (χ0v) is 11.5. The van der Waals surface area contributed by atoms with E-state index in [-0.39, 0.29) is 23.3 Å². The van der Waals surface area contributed by atoms with Gasteiger partial charge in [-0.3, -0.25) is 0 Å². The normalized spacial score (nSPS) is 24.4. The molecular formula is C13H15ClO3S. The predicted molar refractivity (Wildman–Crippen MR) is 71.6 cm³/mol. The molecule has 2 unspecified atom stereocenters. The molecule has 1 saturated heterocycles. The number of sulfone groups is 1. The lowest BCUT2D eigenvalue weighted by Gasteiger charge is -2.26. The van der Waals surface area contributed by atoms with Crippen LogP contribution in [0.15, 0.2) is 24.3 Å². The summed E-state index contributed by atoms with van der Waals surface area (Å²) in [5.74, 6) is -0.161. The molecule has 0 aliphatic carbocycles. The third-order valence-electron chi connectivity index (χ3n) is 3.39. The van der Waals surface area contributed by atoms with Crippen molar-refractivity contribution in [2.24, 2.45) is 5.92 Å². The minimum Gasteiger partial charge on any atom is -0.303 e. The first-order chi connectivity index (χ1) is 8.52. The number of carbonyl (C=O) groups is 1. The van der Waals surface area contributed by atoms with Crippen LogP contribution in [0.3, 0.4) is 0 Å². The van der Waals surface area contributed by atoms with Crippen molar-refractivity contribution < 1.29 is 13.2 Å². The molecule has 5 heteroatoms. The van der Waals surface area contributed by atoms with Crippen LogP contribution >= 0.6 is 11.6 Å². The molecule has 0 aromatic heterocycles. The molecule has 2 rings (SSSR count). The smallest absolute Gasteiger partial charge is 0.150 e. The Labute approximate surface area is 112 Å². The lowest BCUT2D eigenvalue weighted by Crippen LogP contribution is -2.30. The Hall–Kier alpha value is -0.870.